The molecule has 6 atom stereocenters. The van der Waals surface area contributed by atoms with Crippen LogP contribution in [0.15, 0.2) is 149 Å². The van der Waals surface area contributed by atoms with Crippen molar-refractivity contribution in [2.75, 3.05) is 0 Å². The van der Waals surface area contributed by atoms with Crippen LogP contribution < -0.4 is 0 Å². The number of allylic oxidation sites excluding steroid dienone is 12. The number of hydrogen-bond donors (Lipinski definition) is 0. The van der Waals surface area contributed by atoms with E-state index in [4.69, 9.17) is 0 Å². The quantitative estimate of drug-likeness (QED) is 0.172. The first kappa shape index (κ1) is 54.9. The average Bonchev–Trinajstić information content (AvgIpc) is 3.09. The fourth-order valence-corrected chi connectivity index (χ4v) is 10.1. The Morgan fingerprint density at radius 3 is 0.917 bits per heavy atom. The lowest BCUT2D eigenvalue weighted by Crippen LogP contribution is -2.44. The van der Waals surface area contributed by atoms with E-state index in [-0.39, 0.29) is 0 Å². The van der Waals surface area contributed by atoms with Crippen LogP contribution in [0.2, 0.25) is 0 Å². The Hall–Kier alpha value is -3.12. The molecule has 0 aromatic rings. The maximum Gasteiger partial charge on any atom is -0.00607 e. The van der Waals surface area contributed by atoms with Crippen LogP contribution in [0.25, 0.3) is 0 Å². The Kier molecular flexibility index (Phi) is 20.4. The second-order valence-corrected chi connectivity index (χ2v) is 22.3. The maximum absolute atomic E-state index is 3.97. The Morgan fingerprint density at radius 2 is 0.750 bits per heavy atom. The molecule has 0 N–H and O–H groups in total. The van der Waals surface area contributed by atoms with Crippen molar-refractivity contribution in [1.29, 1.82) is 0 Å². The zero-order chi connectivity index (χ0) is 46.7. The van der Waals surface area contributed by atoms with E-state index in [9.17, 15) is 0 Å². The Bertz CT molecular complexity index is 1520. The molecule has 0 aromatic heterocycles. The predicted molar refractivity (Wildman–Crippen MR) is 275 cm³/mol. The minimum absolute atomic E-state index is 0.314. The van der Waals surface area contributed by atoms with Crippen LogP contribution in [0.5, 0.6) is 0 Å². The fourth-order valence-electron chi connectivity index (χ4n) is 10.1. The number of rotatable bonds is 12. The minimum atomic E-state index is 0.314. The third-order valence-electron chi connectivity index (χ3n) is 16.5. The van der Waals surface area contributed by atoms with Gasteiger partial charge in [-0.25, -0.2) is 0 Å². The molecule has 6 rings (SSSR count). The van der Waals surface area contributed by atoms with Crippen LogP contribution in [0.3, 0.4) is 0 Å². The van der Waals surface area contributed by atoms with Crippen LogP contribution in [0.4, 0.5) is 0 Å². The summed E-state index contributed by atoms with van der Waals surface area (Å²) in [5, 5.41) is 0. The lowest BCUT2D eigenvalue weighted by Gasteiger charge is -2.53. The van der Waals surface area contributed by atoms with E-state index in [1.165, 1.54) is 110 Å². The summed E-state index contributed by atoms with van der Waals surface area (Å²) in [6, 6.07) is 0. The summed E-state index contributed by atoms with van der Waals surface area (Å²) in [5.74, 6) is 4.55. The molecule has 6 aliphatic carbocycles. The standard InChI is InChI=1S/6C10H16/c1-7(2)9-5-10(6-9)8(3)4;1-7(2)9-5-6-10(9)8(3)4;1-5-10(4)6-9(7-10)8(2)3;1-5-10(4)7-6-9(10)8(2)3;1-5-9(3)7-10(4,6-2)8-9;1-5-9(3)7-8-10(9,4)6-2/h2*9-10H,1,3,5-6H2,2,4H3;2*5,9H,1-2,6-7H2,3-4H3;2*5-6H,1-2,7-8H2,3-4H3. The average molecular weight is 817 g/mol. The molecule has 6 fully saturated rings. The second kappa shape index (κ2) is 22.3. The van der Waals surface area contributed by atoms with Crippen molar-refractivity contribution in [1.82, 2.24) is 0 Å². The van der Waals surface area contributed by atoms with Gasteiger partial charge in [0.05, 0.1) is 0 Å². The first-order valence-corrected chi connectivity index (χ1v) is 23.3. The highest BCUT2D eigenvalue weighted by molar-refractivity contribution is 5.18. The highest BCUT2D eigenvalue weighted by Gasteiger charge is 2.48. The second-order valence-electron chi connectivity index (χ2n) is 22.3. The van der Waals surface area contributed by atoms with Crippen LogP contribution in [-0.4, -0.2) is 0 Å². The molecule has 0 radical (unpaired) electrons. The molecule has 6 aliphatic rings. The van der Waals surface area contributed by atoms with E-state index in [0.29, 0.717) is 38.4 Å². The topological polar surface area (TPSA) is 0 Å². The first-order valence-electron chi connectivity index (χ1n) is 23.3. The lowest BCUT2D eigenvalue weighted by molar-refractivity contribution is 0.0433. The van der Waals surface area contributed by atoms with Gasteiger partial charge in [-0.1, -0.05) is 151 Å². The van der Waals surface area contributed by atoms with E-state index in [0.717, 1.165) is 29.6 Å². The molecule has 0 aromatic carbocycles. The highest BCUT2D eigenvalue weighted by Crippen LogP contribution is 2.58. The van der Waals surface area contributed by atoms with E-state index < -0.39 is 0 Å². The molecular weight excluding hydrogens is 721 g/mol. The Morgan fingerprint density at radius 1 is 0.400 bits per heavy atom. The van der Waals surface area contributed by atoms with Gasteiger partial charge >= 0.3 is 0 Å². The van der Waals surface area contributed by atoms with Gasteiger partial charge < -0.3 is 0 Å². The molecule has 0 saturated heterocycles. The minimum Gasteiger partial charge on any atom is -0.103 e. The van der Waals surface area contributed by atoms with Crippen LogP contribution in [0.1, 0.15) is 160 Å². The Balaban J connectivity index is 0.000000360. The molecule has 0 heterocycles. The lowest BCUT2D eigenvalue weighted by atomic mass is 9.51. The van der Waals surface area contributed by atoms with E-state index >= 15 is 0 Å². The zero-order valence-electron chi connectivity index (χ0n) is 41.9. The van der Waals surface area contributed by atoms with Gasteiger partial charge in [-0.3, -0.25) is 0 Å². The highest BCUT2D eigenvalue weighted by atomic mass is 14.5. The predicted octanol–water partition coefficient (Wildman–Crippen LogP) is 19.0. The van der Waals surface area contributed by atoms with Gasteiger partial charge in [0.2, 0.25) is 0 Å². The first-order chi connectivity index (χ1) is 27.5. The van der Waals surface area contributed by atoms with Crippen molar-refractivity contribution in [2.24, 2.45) is 68.0 Å². The summed E-state index contributed by atoms with van der Waals surface area (Å²) >= 11 is 0. The summed E-state index contributed by atoms with van der Waals surface area (Å²) in [6.45, 7) is 73.0. The molecule has 336 valence electrons. The maximum atomic E-state index is 3.97. The largest absolute Gasteiger partial charge is 0.103 e. The summed E-state index contributed by atoms with van der Waals surface area (Å²) in [7, 11) is 0. The van der Waals surface area contributed by atoms with E-state index in [1.54, 1.807) is 0 Å². The molecule has 0 nitrogen and oxygen atoms in total. The van der Waals surface area contributed by atoms with Crippen LogP contribution >= 0.6 is 0 Å². The van der Waals surface area contributed by atoms with Crippen molar-refractivity contribution in [3.8, 4) is 0 Å². The Labute approximate surface area is 375 Å². The summed E-state index contributed by atoms with van der Waals surface area (Å²) in [5.41, 5.74) is 10.2. The zero-order valence-corrected chi connectivity index (χ0v) is 41.9. The summed E-state index contributed by atoms with van der Waals surface area (Å²) in [4.78, 5) is 0. The molecule has 0 aliphatic heterocycles. The van der Waals surface area contributed by atoms with Gasteiger partial charge in [0.1, 0.15) is 0 Å². The third kappa shape index (κ3) is 14.2. The summed E-state index contributed by atoms with van der Waals surface area (Å²) in [6.07, 6.45) is 27.7. The third-order valence-corrected chi connectivity index (χ3v) is 16.5. The van der Waals surface area contributed by atoms with Crippen molar-refractivity contribution >= 4 is 0 Å². The monoisotopic (exact) mass is 817 g/mol. The van der Waals surface area contributed by atoms with E-state index in [1.807, 2.05) is 0 Å². The smallest absolute Gasteiger partial charge is 0.00607 e. The van der Waals surface area contributed by atoms with Crippen molar-refractivity contribution < 1.29 is 0 Å². The van der Waals surface area contributed by atoms with Gasteiger partial charge in [-0.15, -0.1) is 39.5 Å². The molecule has 60 heavy (non-hydrogen) atoms. The molecular formula is C60H96. The van der Waals surface area contributed by atoms with Gasteiger partial charge in [-0.05, 0) is 187 Å². The van der Waals surface area contributed by atoms with Crippen molar-refractivity contribution in [3.05, 3.63) is 149 Å². The molecule has 6 saturated carbocycles. The normalized spacial score (nSPS) is 38.4. The van der Waals surface area contributed by atoms with Crippen molar-refractivity contribution in [2.45, 2.75) is 160 Å². The van der Waals surface area contributed by atoms with Gasteiger partial charge in [0, 0.05) is 0 Å². The molecule has 6 unspecified atom stereocenters. The number of hydrogen-bond acceptors (Lipinski definition) is 0. The fraction of sp³-hybridized carbons (Fsp3) is 0.600. The molecule has 0 heteroatoms. The van der Waals surface area contributed by atoms with Crippen LogP contribution in [0, 0.1) is 68.0 Å². The SMILES string of the molecule is C=C(C)C1CC(C(=C)C)C1.C=C(C)C1CCC1C(=C)C.C=CC1(C)CC(C(=C)C)C1.C=CC1(C)CC(C)(C=C)C1.C=CC1(C)CCC1(C)C=C.C=CC1(C)CCC1C(=C)C. The summed E-state index contributed by atoms with van der Waals surface area (Å²) < 4.78 is 0. The van der Waals surface area contributed by atoms with Gasteiger partial charge in [-0.2, -0.15) is 0 Å². The van der Waals surface area contributed by atoms with Gasteiger partial charge in [0.15, 0.2) is 0 Å². The molecule has 0 amide bonds. The van der Waals surface area contributed by atoms with E-state index in [2.05, 4.69) is 198 Å². The molecule has 0 bridgehead atoms. The van der Waals surface area contributed by atoms with Crippen LogP contribution in [-0.2, 0) is 0 Å². The van der Waals surface area contributed by atoms with Gasteiger partial charge in [0.25, 0.3) is 0 Å². The molecule has 0 spiro atoms. The van der Waals surface area contributed by atoms with Crippen molar-refractivity contribution in [3.63, 3.8) is 0 Å².